The summed E-state index contributed by atoms with van der Waals surface area (Å²) < 4.78 is 5.69. The maximum absolute atomic E-state index is 5.69. The van der Waals surface area contributed by atoms with E-state index < -0.39 is 0 Å². The van der Waals surface area contributed by atoms with Crippen LogP contribution in [0.5, 0.6) is 0 Å². The van der Waals surface area contributed by atoms with Crippen LogP contribution in [-0.2, 0) is 6.54 Å². The topological polar surface area (TPSA) is 25.2 Å². The van der Waals surface area contributed by atoms with Gasteiger partial charge in [0.05, 0.1) is 6.54 Å². The molecule has 2 saturated carbocycles. The van der Waals surface area contributed by atoms with E-state index in [0.29, 0.717) is 0 Å². The molecule has 0 radical (unpaired) electrons. The second-order valence-electron chi connectivity index (χ2n) is 6.85. The highest BCUT2D eigenvalue weighted by Gasteiger charge is 2.32. The molecule has 2 aliphatic carbocycles. The van der Waals surface area contributed by atoms with Gasteiger partial charge in [0, 0.05) is 6.04 Å². The lowest BCUT2D eigenvalue weighted by atomic mass is 9.71. The molecule has 0 aliphatic heterocycles. The fraction of sp³-hybridized carbons (Fsp3) is 0.778. The number of rotatable bonds is 4. The van der Waals surface area contributed by atoms with Gasteiger partial charge in [-0.3, -0.25) is 0 Å². The summed E-state index contributed by atoms with van der Waals surface area (Å²) in [6.07, 6.45) is 13.0. The average Bonchev–Trinajstić information content (AvgIpc) is 2.92. The van der Waals surface area contributed by atoms with Gasteiger partial charge >= 0.3 is 0 Å². The summed E-state index contributed by atoms with van der Waals surface area (Å²) in [4.78, 5) is 0. The van der Waals surface area contributed by atoms with Crippen molar-refractivity contribution in [3.05, 3.63) is 23.7 Å². The van der Waals surface area contributed by atoms with Crippen LogP contribution in [0.2, 0.25) is 0 Å². The first kappa shape index (κ1) is 14.2. The van der Waals surface area contributed by atoms with Gasteiger partial charge in [0.2, 0.25) is 0 Å². The normalized spacial score (nSPS) is 28.6. The Bertz CT molecular complexity index is 405. The third-order valence-electron chi connectivity index (χ3n) is 5.41. The van der Waals surface area contributed by atoms with Crippen molar-refractivity contribution in [2.45, 2.75) is 77.3 Å². The number of hydrogen-bond donors (Lipinski definition) is 1. The van der Waals surface area contributed by atoms with Crippen molar-refractivity contribution < 1.29 is 4.42 Å². The maximum atomic E-state index is 5.69. The van der Waals surface area contributed by atoms with E-state index in [1.807, 2.05) is 6.92 Å². The summed E-state index contributed by atoms with van der Waals surface area (Å²) in [5, 5.41) is 3.80. The van der Waals surface area contributed by atoms with Crippen LogP contribution in [0.25, 0.3) is 0 Å². The highest BCUT2D eigenvalue weighted by atomic mass is 16.3. The summed E-state index contributed by atoms with van der Waals surface area (Å²) in [5.74, 6) is 4.02. The maximum Gasteiger partial charge on any atom is 0.117 e. The summed E-state index contributed by atoms with van der Waals surface area (Å²) >= 11 is 0. The van der Waals surface area contributed by atoms with Gasteiger partial charge in [-0.15, -0.1) is 0 Å². The predicted octanol–water partition coefficient (Wildman–Crippen LogP) is 4.82. The Kier molecular flexibility index (Phi) is 4.82. The van der Waals surface area contributed by atoms with Gasteiger partial charge in [-0.1, -0.05) is 44.9 Å². The minimum absolute atomic E-state index is 0.720. The van der Waals surface area contributed by atoms with Crippen molar-refractivity contribution in [1.29, 1.82) is 0 Å². The van der Waals surface area contributed by atoms with E-state index in [1.54, 1.807) is 0 Å². The molecule has 0 aromatic carbocycles. The lowest BCUT2D eigenvalue weighted by Gasteiger charge is -2.39. The van der Waals surface area contributed by atoms with Crippen LogP contribution in [0.4, 0.5) is 0 Å². The molecule has 3 rings (SSSR count). The molecule has 112 valence electrons. The number of nitrogens with one attached hydrogen (secondary N) is 1. The molecule has 2 fully saturated rings. The Labute approximate surface area is 123 Å². The average molecular weight is 275 g/mol. The zero-order chi connectivity index (χ0) is 13.8. The van der Waals surface area contributed by atoms with Gasteiger partial charge in [-0.2, -0.15) is 0 Å². The number of hydrogen-bond acceptors (Lipinski definition) is 2. The molecule has 2 unspecified atom stereocenters. The summed E-state index contributed by atoms with van der Waals surface area (Å²) in [6, 6.07) is 4.90. The zero-order valence-electron chi connectivity index (χ0n) is 12.9. The van der Waals surface area contributed by atoms with Gasteiger partial charge in [0.25, 0.3) is 0 Å². The first-order chi connectivity index (χ1) is 9.83. The SMILES string of the molecule is Cc1ccc(CNC2CCCCC2C2CCCCC2)o1. The molecule has 0 spiro atoms. The molecule has 1 aromatic heterocycles. The Morgan fingerprint density at radius 1 is 1.00 bits per heavy atom. The van der Waals surface area contributed by atoms with Crippen molar-refractivity contribution >= 4 is 0 Å². The smallest absolute Gasteiger partial charge is 0.117 e. The molecule has 2 nitrogen and oxygen atoms in total. The lowest BCUT2D eigenvalue weighted by Crippen LogP contribution is -2.42. The first-order valence-electron chi connectivity index (χ1n) is 8.61. The van der Waals surface area contributed by atoms with Crippen molar-refractivity contribution in [3.8, 4) is 0 Å². The fourth-order valence-corrected chi connectivity index (χ4v) is 4.35. The van der Waals surface area contributed by atoms with Crippen LogP contribution < -0.4 is 5.32 Å². The van der Waals surface area contributed by atoms with Crippen LogP contribution in [0.1, 0.15) is 69.3 Å². The Balaban J connectivity index is 1.57. The van der Waals surface area contributed by atoms with E-state index >= 15 is 0 Å². The summed E-state index contributed by atoms with van der Waals surface area (Å²) in [7, 11) is 0. The quantitative estimate of drug-likeness (QED) is 0.852. The number of furan rings is 1. The van der Waals surface area contributed by atoms with Gasteiger partial charge in [0.15, 0.2) is 0 Å². The zero-order valence-corrected chi connectivity index (χ0v) is 12.9. The van der Waals surface area contributed by atoms with Crippen LogP contribution >= 0.6 is 0 Å². The fourth-order valence-electron chi connectivity index (χ4n) is 4.35. The highest BCUT2D eigenvalue weighted by Crippen LogP contribution is 2.38. The molecule has 0 bridgehead atoms. The van der Waals surface area contributed by atoms with Crippen molar-refractivity contribution in [2.24, 2.45) is 11.8 Å². The summed E-state index contributed by atoms with van der Waals surface area (Å²) in [6.45, 7) is 2.93. The van der Waals surface area contributed by atoms with Gasteiger partial charge in [-0.25, -0.2) is 0 Å². The van der Waals surface area contributed by atoms with Crippen LogP contribution in [-0.4, -0.2) is 6.04 Å². The molecule has 1 heterocycles. The van der Waals surface area contributed by atoms with Crippen LogP contribution in [0.3, 0.4) is 0 Å². The van der Waals surface area contributed by atoms with Crippen molar-refractivity contribution in [1.82, 2.24) is 5.32 Å². The van der Waals surface area contributed by atoms with E-state index in [0.717, 1.165) is 35.9 Å². The van der Waals surface area contributed by atoms with Gasteiger partial charge < -0.3 is 9.73 Å². The van der Waals surface area contributed by atoms with E-state index in [4.69, 9.17) is 4.42 Å². The third kappa shape index (κ3) is 3.46. The molecule has 2 atom stereocenters. The number of aryl methyl sites for hydroxylation is 1. The molecular weight excluding hydrogens is 246 g/mol. The molecule has 20 heavy (non-hydrogen) atoms. The molecule has 1 aromatic rings. The third-order valence-corrected chi connectivity index (χ3v) is 5.41. The molecule has 0 saturated heterocycles. The highest BCUT2D eigenvalue weighted by molar-refractivity contribution is 5.05. The Hall–Kier alpha value is -0.760. The largest absolute Gasteiger partial charge is 0.465 e. The predicted molar refractivity (Wildman–Crippen MR) is 82.6 cm³/mol. The second kappa shape index (κ2) is 6.80. The van der Waals surface area contributed by atoms with Crippen molar-refractivity contribution in [3.63, 3.8) is 0 Å². The van der Waals surface area contributed by atoms with E-state index in [2.05, 4.69) is 17.4 Å². The van der Waals surface area contributed by atoms with Crippen LogP contribution in [0.15, 0.2) is 16.5 Å². The van der Waals surface area contributed by atoms with E-state index in [-0.39, 0.29) is 0 Å². The minimum atomic E-state index is 0.720. The Morgan fingerprint density at radius 2 is 1.75 bits per heavy atom. The summed E-state index contributed by atoms with van der Waals surface area (Å²) in [5.41, 5.74) is 0. The molecule has 0 amide bonds. The molecule has 1 N–H and O–H groups in total. The lowest BCUT2D eigenvalue weighted by molar-refractivity contribution is 0.147. The van der Waals surface area contributed by atoms with E-state index in [1.165, 1.54) is 57.8 Å². The first-order valence-corrected chi connectivity index (χ1v) is 8.61. The molecule has 2 aliphatic rings. The standard InChI is InChI=1S/C18H29NO/c1-14-11-12-16(20-14)13-19-18-10-6-5-9-17(18)15-7-3-2-4-8-15/h11-12,15,17-19H,2-10,13H2,1H3. The second-order valence-corrected chi connectivity index (χ2v) is 6.85. The monoisotopic (exact) mass is 275 g/mol. The molecular formula is C18H29NO. The van der Waals surface area contributed by atoms with Crippen molar-refractivity contribution in [2.75, 3.05) is 0 Å². The van der Waals surface area contributed by atoms with Gasteiger partial charge in [-0.05, 0) is 43.7 Å². The molecule has 2 heteroatoms. The Morgan fingerprint density at radius 3 is 2.50 bits per heavy atom. The van der Waals surface area contributed by atoms with Gasteiger partial charge in [0.1, 0.15) is 11.5 Å². The minimum Gasteiger partial charge on any atom is -0.465 e. The van der Waals surface area contributed by atoms with Crippen LogP contribution in [0, 0.1) is 18.8 Å². The van der Waals surface area contributed by atoms with E-state index in [9.17, 15) is 0 Å².